The van der Waals surface area contributed by atoms with Crippen LogP contribution in [0.3, 0.4) is 0 Å². The molecule has 1 saturated heterocycles. The number of hydrogen-bond donors (Lipinski definition) is 2. The summed E-state index contributed by atoms with van der Waals surface area (Å²) in [5.41, 5.74) is 0.901. The number of nitrogens with zero attached hydrogens (tertiary/aromatic N) is 1. The minimum absolute atomic E-state index is 0.259. The van der Waals surface area contributed by atoms with Gasteiger partial charge < -0.3 is 10.6 Å². The third-order valence-corrected chi connectivity index (χ3v) is 6.40. The molecule has 150 valence electrons. The molecule has 0 aromatic heterocycles. The van der Waals surface area contributed by atoms with Crippen LogP contribution in [0.1, 0.15) is 24.0 Å². The summed E-state index contributed by atoms with van der Waals surface area (Å²) in [6.07, 6.45) is 2.26. The van der Waals surface area contributed by atoms with Crippen molar-refractivity contribution in [1.82, 2.24) is 15.5 Å². The Morgan fingerprint density at radius 1 is 1.10 bits per heavy atom. The SMILES string of the molecule is O=C(CN1C(=O)N[C@@]2(CCCc3ccccc32)C1=O)NCCSc1ccccc1. The molecular weight excluding hydrogens is 386 g/mol. The molecule has 0 unspecified atom stereocenters. The molecular formula is C22H23N3O3S. The van der Waals surface area contributed by atoms with Gasteiger partial charge in [-0.25, -0.2) is 4.79 Å². The third-order valence-electron chi connectivity index (χ3n) is 5.39. The average Bonchev–Trinajstić information content (AvgIpc) is 2.97. The zero-order valence-corrected chi connectivity index (χ0v) is 16.8. The van der Waals surface area contributed by atoms with Gasteiger partial charge in [0.25, 0.3) is 5.91 Å². The lowest BCUT2D eigenvalue weighted by Gasteiger charge is -2.33. The van der Waals surface area contributed by atoms with Crippen LogP contribution in [0.2, 0.25) is 0 Å². The number of rotatable bonds is 6. The van der Waals surface area contributed by atoms with Gasteiger partial charge >= 0.3 is 6.03 Å². The number of fused-ring (bicyclic) bond motifs is 2. The van der Waals surface area contributed by atoms with E-state index in [1.165, 1.54) is 0 Å². The molecule has 7 heteroatoms. The van der Waals surface area contributed by atoms with Crippen molar-refractivity contribution in [3.8, 4) is 0 Å². The number of carbonyl (C=O) groups excluding carboxylic acids is 3. The van der Waals surface area contributed by atoms with Gasteiger partial charge in [-0.3, -0.25) is 14.5 Å². The summed E-state index contributed by atoms with van der Waals surface area (Å²) in [6.45, 7) is 0.209. The number of aryl methyl sites for hydroxylation is 1. The van der Waals surface area contributed by atoms with Crippen molar-refractivity contribution in [2.45, 2.75) is 29.7 Å². The Morgan fingerprint density at radius 3 is 2.69 bits per heavy atom. The second-order valence-electron chi connectivity index (χ2n) is 7.25. The van der Waals surface area contributed by atoms with E-state index in [1.54, 1.807) is 11.8 Å². The van der Waals surface area contributed by atoms with Crippen LogP contribution in [0.15, 0.2) is 59.5 Å². The standard InChI is InChI=1S/C22H23N3O3S/c26-19(23-13-14-29-17-9-2-1-3-10-17)15-25-20(27)22(24-21(25)28)12-6-8-16-7-4-5-11-18(16)22/h1-5,7,9-11H,6,8,12-15H2,(H,23,26)(H,24,28)/t22-/m1/s1. The zero-order valence-electron chi connectivity index (χ0n) is 16.0. The van der Waals surface area contributed by atoms with Crippen molar-refractivity contribution in [2.24, 2.45) is 0 Å². The molecule has 2 aliphatic rings. The quantitative estimate of drug-likeness (QED) is 0.437. The lowest BCUT2D eigenvalue weighted by molar-refractivity contribution is -0.135. The van der Waals surface area contributed by atoms with Crippen molar-refractivity contribution < 1.29 is 14.4 Å². The van der Waals surface area contributed by atoms with Crippen molar-refractivity contribution in [2.75, 3.05) is 18.8 Å². The monoisotopic (exact) mass is 409 g/mol. The summed E-state index contributed by atoms with van der Waals surface area (Å²) in [7, 11) is 0. The molecule has 29 heavy (non-hydrogen) atoms. The second-order valence-corrected chi connectivity index (χ2v) is 8.42. The zero-order chi connectivity index (χ0) is 20.3. The molecule has 0 saturated carbocycles. The maximum atomic E-state index is 13.2. The van der Waals surface area contributed by atoms with Gasteiger partial charge in [0.1, 0.15) is 12.1 Å². The fourth-order valence-electron chi connectivity index (χ4n) is 4.03. The maximum Gasteiger partial charge on any atom is 0.325 e. The van der Waals surface area contributed by atoms with E-state index in [9.17, 15) is 14.4 Å². The molecule has 1 aliphatic heterocycles. The van der Waals surface area contributed by atoms with E-state index in [2.05, 4.69) is 10.6 Å². The summed E-state index contributed by atoms with van der Waals surface area (Å²) in [5.74, 6) is 0.0551. The van der Waals surface area contributed by atoms with Gasteiger partial charge in [-0.2, -0.15) is 0 Å². The fourth-order valence-corrected chi connectivity index (χ4v) is 4.82. The molecule has 6 nitrogen and oxygen atoms in total. The normalized spacial score (nSPS) is 20.5. The van der Waals surface area contributed by atoms with Crippen molar-refractivity contribution in [1.29, 1.82) is 0 Å². The van der Waals surface area contributed by atoms with Gasteiger partial charge in [-0.05, 0) is 42.5 Å². The van der Waals surface area contributed by atoms with E-state index in [-0.39, 0.29) is 18.4 Å². The van der Waals surface area contributed by atoms with Gasteiger partial charge in [-0.15, -0.1) is 11.8 Å². The number of hydrogen-bond acceptors (Lipinski definition) is 4. The van der Waals surface area contributed by atoms with Crippen molar-refractivity contribution >= 4 is 29.6 Å². The number of benzene rings is 2. The number of carbonyl (C=O) groups is 3. The Labute approximate surface area is 174 Å². The Bertz CT molecular complexity index is 934. The molecule has 2 aromatic rings. The van der Waals surface area contributed by atoms with E-state index in [0.29, 0.717) is 18.7 Å². The first-order chi connectivity index (χ1) is 14.1. The van der Waals surface area contributed by atoms with E-state index >= 15 is 0 Å². The molecule has 4 rings (SSSR count). The van der Waals surface area contributed by atoms with Crippen LogP contribution < -0.4 is 10.6 Å². The number of urea groups is 1. The lowest BCUT2D eigenvalue weighted by atomic mass is 9.76. The predicted molar refractivity (Wildman–Crippen MR) is 111 cm³/mol. The largest absolute Gasteiger partial charge is 0.354 e. The highest BCUT2D eigenvalue weighted by molar-refractivity contribution is 7.99. The van der Waals surface area contributed by atoms with Crippen LogP contribution in [0.4, 0.5) is 4.79 Å². The molecule has 1 fully saturated rings. The van der Waals surface area contributed by atoms with Gasteiger partial charge in [0.15, 0.2) is 0 Å². The van der Waals surface area contributed by atoms with Crippen LogP contribution in [0, 0.1) is 0 Å². The second kappa shape index (κ2) is 8.29. The highest BCUT2D eigenvalue weighted by Crippen LogP contribution is 2.39. The van der Waals surface area contributed by atoms with Gasteiger partial charge in [0, 0.05) is 17.2 Å². The Balaban J connectivity index is 1.36. The van der Waals surface area contributed by atoms with E-state index in [0.717, 1.165) is 33.8 Å². The molecule has 0 bridgehead atoms. The van der Waals surface area contributed by atoms with Crippen LogP contribution in [0.25, 0.3) is 0 Å². The van der Waals surface area contributed by atoms with E-state index in [4.69, 9.17) is 0 Å². The van der Waals surface area contributed by atoms with Crippen LogP contribution >= 0.6 is 11.8 Å². The van der Waals surface area contributed by atoms with Crippen molar-refractivity contribution in [3.05, 3.63) is 65.7 Å². The summed E-state index contributed by atoms with van der Waals surface area (Å²) in [4.78, 5) is 40.2. The number of amides is 4. The molecule has 1 spiro atoms. The highest BCUT2D eigenvalue weighted by atomic mass is 32.2. The molecule has 4 amide bonds. The third kappa shape index (κ3) is 3.87. The predicted octanol–water partition coefficient (Wildman–Crippen LogP) is 2.68. The molecule has 1 aliphatic carbocycles. The summed E-state index contributed by atoms with van der Waals surface area (Å²) in [5, 5.41) is 5.67. The Hall–Kier alpha value is -2.80. The average molecular weight is 410 g/mol. The van der Waals surface area contributed by atoms with Crippen LogP contribution in [-0.2, 0) is 21.5 Å². The molecule has 1 heterocycles. The molecule has 1 atom stereocenters. The molecule has 0 radical (unpaired) electrons. The Kier molecular flexibility index (Phi) is 5.58. The molecule has 2 N–H and O–H groups in total. The number of thioether (sulfide) groups is 1. The number of imide groups is 1. The fraction of sp³-hybridized carbons (Fsp3) is 0.318. The first-order valence-corrected chi connectivity index (χ1v) is 10.8. The van der Waals surface area contributed by atoms with Gasteiger partial charge in [0.05, 0.1) is 0 Å². The van der Waals surface area contributed by atoms with Crippen LogP contribution in [0.5, 0.6) is 0 Å². The summed E-state index contributed by atoms with van der Waals surface area (Å²) >= 11 is 1.64. The van der Waals surface area contributed by atoms with E-state index < -0.39 is 11.6 Å². The van der Waals surface area contributed by atoms with Crippen molar-refractivity contribution in [3.63, 3.8) is 0 Å². The van der Waals surface area contributed by atoms with Gasteiger partial charge in [-0.1, -0.05) is 42.5 Å². The van der Waals surface area contributed by atoms with Gasteiger partial charge in [0.2, 0.25) is 5.91 Å². The van der Waals surface area contributed by atoms with E-state index in [1.807, 2.05) is 54.6 Å². The minimum atomic E-state index is -1.03. The summed E-state index contributed by atoms with van der Waals surface area (Å²) in [6, 6.07) is 17.1. The summed E-state index contributed by atoms with van der Waals surface area (Å²) < 4.78 is 0. The van der Waals surface area contributed by atoms with Crippen LogP contribution in [-0.4, -0.2) is 41.6 Å². The highest BCUT2D eigenvalue weighted by Gasteiger charge is 2.54. The number of nitrogens with one attached hydrogen (secondary N) is 2. The maximum absolute atomic E-state index is 13.2. The lowest BCUT2D eigenvalue weighted by Crippen LogP contribution is -2.47. The minimum Gasteiger partial charge on any atom is -0.354 e. The molecule has 2 aromatic carbocycles. The first-order valence-electron chi connectivity index (χ1n) is 9.77. The topological polar surface area (TPSA) is 78.5 Å². The smallest absolute Gasteiger partial charge is 0.325 e. The first kappa shape index (κ1) is 19.5. The Morgan fingerprint density at radius 2 is 1.86 bits per heavy atom.